The van der Waals surface area contributed by atoms with E-state index in [2.05, 4.69) is 12.1 Å². The molecule has 3 rings (SSSR count). The van der Waals surface area contributed by atoms with E-state index in [0.29, 0.717) is 17.2 Å². The second-order valence-electron chi connectivity index (χ2n) is 5.31. The minimum Gasteiger partial charge on any atom is -0.497 e. The smallest absolute Gasteiger partial charge is 0.193 e. The van der Waals surface area contributed by atoms with Crippen LogP contribution in [0, 0.1) is 0 Å². The molecular formula is C18H18O2. The van der Waals surface area contributed by atoms with Crippen LogP contribution in [0.25, 0.3) is 0 Å². The number of ketones is 1. The van der Waals surface area contributed by atoms with Crippen LogP contribution in [0.3, 0.4) is 0 Å². The molecule has 1 fully saturated rings. The van der Waals surface area contributed by atoms with Gasteiger partial charge in [0, 0.05) is 11.1 Å². The molecule has 2 nitrogen and oxygen atoms in total. The fraction of sp³-hybridized carbons (Fsp3) is 0.278. The van der Waals surface area contributed by atoms with Crippen molar-refractivity contribution in [1.29, 1.82) is 0 Å². The second kappa shape index (κ2) is 5.49. The highest BCUT2D eigenvalue weighted by Crippen LogP contribution is 2.36. The van der Waals surface area contributed by atoms with E-state index >= 15 is 0 Å². The summed E-state index contributed by atoms with van der Waals surface area (Å²) >= 11 is 0. The summed E-state index contributed by atoms with van der Waals surface area (Å²) in [6, 6.07) is 15.4. The first-order chi connectivity index (χ1) is 9.78. The lowest BCUT2D eigenvalue weighted by Crippen LogP contribution is -2.09. The van der Waals surface area contributed by atoms with Gasteiger partial charge in [0.15, 0.2) is 5.78 Å². The maximum Gasteiger partial charge on any atom is 0.193 e. The fourth-order valence-electron chi connectivity index (χ4n) is 2.58. The van der Waals surface area contributed by atoms with Crippen molar-refractivity contribution in [2.45, 2.75) is 25.2 Å². The fourth-order valence-corrected chi connectivity index (χ4v) is 2.58. The Morgan fingerprint density at radius 2 is 1.80 bits per heavy atom. The molecule has 1 aliphatic carbocycles. The van der Waals surface area contributed by atoms with Gasteiger partial charge in [0.25, 0.3) is 0 Å². The lowest BCUT2D eigenvalue weighted by atomic mass is 9.80. The van der Waals surface area contributed by atoms with Crippen LogP contribution < -0.4 is 4.74 Å². The van der Waals surface area contributed by atoms with Crippen molar-refractivity contribution in [3.05, 3.63) is 65.2 Å². The van der Waals surface area contributed by atoms with Gasteiger partial charge in [0.1, 0.15) is 5.75 Å². The third kappa shape index (κ3) is 2.46. The Hall–Kier alpha value is -2.09. The van der Waals surface area contributed by atoms with Gasteiger partial charge < -0.3 is 4.74 Å². The van der Waals surface area contributed by atoms with E-state index < -0.39 is 0 Å². The Labute approximate surface area is 119 Å². The van der Waals surface area contributed by atoms with Crippen LogP contribution in [0.5, 0.6) is 5.75 Å². The van der Waals surface area contributed by atoms with Gasteiger partial charge in [-0.15, -0.1) is 0 Å². The van der Waals surface area contributed by atoms with Crippen LogP contribution >= 0.6 is 0 Å². The van der Waals surface area contributed by atoms with Gasteiger partial charge in [-0.25, -0.2) is 0 Å². The molecule has 2 aromatic carbocycles. The zero-order valence-corrected chi connectivity index (χ0v) is 11.6. The van der Waals surface area contributed by atoms with Crippen molar-refractivity contribution in [3.63, 3.8) is 0 Å². The van der Waals surface area contributed by atoms with Gasteiger partial charge in [0.05, 0.1) is 7.11 Å². The summed E-state index contributed by atoms with van der Waals surface area (Å²) in [4.78, 5) is 12.4. The molecular weight excluding hydrogens is 248 g/mol. The first-order valence-electron chi connectivity index (χ1n) is 7.06. The van der Waals surface area contributed by atoms with Crippen LogP contribution in [-0.2, 0) is 0 Å². The van der Waals surface area contributed by atoms with Crippen molar-refractivity contribution in [2.24, 2.45) is 0 Å². The van der Waals surface area contributed by atoms with E-state index in [0.717, 1.165) is 5.56 Å². The quantitative estimate of drug-likeness (QED) is 0.775. The summed E-state index contributed by atoms with van der Waals surface area (Å²) < 4.78 is 5.16. The number of methoxy groups -OCH3 is 1. The molecule has 0 radical (unpaired) electrons. The van der Waals surface area contributed by atoms with E-state index in [1.54, 1.807) is 13.2 Å². The topological polar surface area (TPSA) is 26.3 Å². The van der Waals surface area contributed by atoms with E-state index in [4.69, 9.17) is 4.74 Å². The molecule has 1 aliphatic rings. The van der Waals surface area contributed by atoms with E-state index in [-0.39, 0.29) is 5.78 Å². The number of hydrogen-bond acceptors (Lipinski definition) is 2. The molecule has 2 heteroatoms. The first kappa shape index (κ1) is 12.9. The van der Waals surface area contributed by atoms with Crippen molar-refractivity contribution in [3.8, 4) is 5.75 Å². The summed E-state index contributed by atoms with van der Waals surface area (Å²) in [6.07, 6.45) is 3.89. The van der Waals surface area contributed by atoms with Gasteiger partial charge in [0.2, 0.25) is 0 Å². The summed E-state index contributed by atoms with van der Waals surface area (Å²) in [7, 11) is 1.61. The largest absolute Gasteiger partial charge is 0.497 e. The van der Waals surface area contributed by atoms with Crippen molar-refractivity contribution < 1.29 is 9.53 Å². The van der Waals surface area contributed by atoms with E-state index in [1.165, 1.54) is 24.8 Å². The lowest BCUT2D eigenvalue weighted by Gasteiger charge is -2.25. The first-order valence-corrected chi connectivity index (χ1v) is 7.06. The zero-order valence-electron chi connectivity index (χ0n) is 11.6. The predicted molar refractivity (Wildman–Crippen MR) is 79.5 cm³/mol. The van der Waals surface area contributed by atoms with Crippen molar-refractivity contribution >= 4 is 5.78 Å². The van der Waals surface area contributed by atoms with Crippen LogP contribution in [0.1, 0.15) is 46.7 Å². The van der Waals surface area contributed by atoms with Crippen molar-refractivity contribution in [2.75, 3.05) is 7.11 Å². The molecule has 0 bridgehead atoms. The number of hydrogen-bond donors (Lipinski definition) is 0. The number of rotatable bonds is 4. The maximum atomic E-state index is 12.4. The molecule has 0 amide bonds. The summed E-state index contributed by atoms with van der Waals surface area (Å²) in [6.45, 7) is 0. The second-order valence-corrected chi connectivity index (χ2v) is 5.31. The number of carbonyl (C=O) groups excluding carboxylic acids is 1. The van der Waals surface area contributed by atoms with Crippen LogP contribution in [0.15, 0.2) is 48.5 Å². The summed E-state index contributed by atoms with van der Waals surface area (Å²) in [5.41, 5.74) is 2.76. The molecule has 0 unspecified atom stereocenters. The Morgan fingerprint density at radius 3 is 2.40 bits per heavy atom. The third-order valence-corrected chi connectivity index (χ3v) is 4.08. The molecule has 0 spiro atoms. The number of ether oxygens (including phenoxy) is 1. The molecule has 102 valence electrons. The Kier molecular flexibility index (Phi) is 3.55. The molecule has 0 aromatic heterocycles. The monoisotopic (exact) mass is 266 g/mol. The number of carbonyl (C=O) groups is 1. The molecule has 0 N–H and O–H groups in total. The minimum atomic E-state index is 0.0454. The van der Waals surface area contributed by atoms with Gasteiger partial charge in [-0.3, -0.25) is 4.79 Å². The van der Waals surface area contributed by atoms with Gasteiger partial charge in [-0.1, -0.05) is 42.8 Å². The Morgan fingerprint density at radius 1 is 1.05 bits per heavy atom. The number of benzene rings is 2. The highest BCUT2D eigenvalue weighted by atomic mass is 16.5. The van der Waals surface area contributed by atoms with Gasteiger partial charge in [-0.2, -0.15) is 0 Å². The maximum absolute atomic E-state index is 12.4. The molecule has 0 heterocycles. The third-order valence-electron chi connectivity index (χ3n) is 4.08. The minimum absolute atomic E-state index is 0.0454. The molecule has 0 aliphatic heterocycles. The predicted octanol–water partition coefficient (Wildman–Crippen LogP) is 4.19. The van der Waals surface area contributed by atoms with Gasteiger partial charge >= 0.3 is 0 Å². The lowest BCUT2D eigenvalue weighted by molar-refractivity contribution is 0.103. The Bertz CT molecular complexity index is 610. The van der Waals surface area contributed by atoms with Crippen LogP contribution in [0.2, 0.25) is 0 Å². The van der Waals surface area contributed by atoms with Gasteiger partial charge in [-0.05, 0) is 36.5 Å². The standard InChI is InChI=1S/C18H18O2/c1-20-17-7-3-6-16(12-17)18(19)15-10-8-14(9-11-15)13-4-2-5-13/h3,6-13H,2,4-5H2,1H3. The molecule has 1 saturated carbocycles. The summed E-state index contributed by atoms with van der Waals surface area (Å²) in [5, 5.41) is 0. The normalized spacial score (nSPS) is 14.7. The SMILES string of the molecule is COc1cccc(C(=O)c2ccc(C3CCC3)cc2)c1. The van der Waals surface area contributed by atoms with Crippen LogP contribution in [-0.4, -0.2) is 12.9 Å². The molecule has 0 atom stereocenters. The van der Waals surface area contributed by atoms with Crippen molar-refractivity contribution in [1.82, 2.24) is 0 Å². The highest BCUT2D eigenvalue weighted by molar-refractivity contribution is 6.09. The average Bonchev–Trinajstić information content (AvgIpc) is 2.45. The molecule has 0 saturated heterocycles. The Balaban J connectivity index is 1.82. The zero-order chi connectivity index (χ0) is 13.9. The average molecular weight is 266 g/mol. The summed E-state index contributed by atoms with van der Waals surface area (Å²) in [5.74, 6) is 1.46. The van der Waals surface area contributed by atoms with E-state index in [1.807, 2.05) is 30.3 Å². The molecule has 2 aromatic rings. The van der Waals surface area contributed by atoms with Crippen LogP contribution in [0.4, 0.5) is 0 Å². The van der Waals surface area contributed by atoms with E-state index in [9.17, 15) is 4.79 Å². The molecule has 20 heavy (non-hydrogen) atoms. The highest BCUT2D eigenvalue weighted by Gasteiger charge is 2.19.